The number of hydrogen-bond donors (Lipinski definition) is 1. The third-order valence-corrected chi connectivity index (χ3v) is 2.69. The second kappa shape index (κ2) is 6.28. The number of anilines is 1. The number of esters is 1. The third kappa shape index (κ3) is 3.77. The van der Waals surface area contributed by atoms with Gasteiger partial charge in [0.05, 0.1) is 6.61 Å². The Kier molecular flexibility index (Phi) is 5.01. The van der Waals surface area contributed by atoms with Gasteiger partial charge in [-0.3, -0.25) is 0 Å². The lowest BCUT2D eigenvalue weighted by molar-refractivity contribution is -0.144. The highest BCUT2D eigenvalue weighted by molar-refractivity contribution is 5.79. The molecule has 0 saturated carbocycles. The lowest BCUT2D eigenvalue weighted by Gasteiger charge is -2.18. The van der Waals surface area contributed by atoms with Gasteiger partial charge in [-0.05, 0) is 38.8 Å². The Labute approximate surface area is 103 Å². The lowest BCUT2D eigenvalue weighted by Crippen LogP contribution is -2.30. The van der Waals surface area contributed by atoms with Crippen LogP contribution >= 0.6 is 0 Å². The second-order valence-electron chi connectivity index (χ2n) is 4.18. The minimum absolute atomic E-state index is 0.185. The standard InChI is InChI=1S/C14H21NO2/c1-5-12(14(16)17-6-2)15-13-8-7-10(3)9-11(13)4/h7-9,12,15H,5-6H2,1-4H3. The fourth-order valence-corrected chi connectivity index (χ4v) is 1.73. The fourth-order valence-electron chi connectivity index (χ4n) is 1.73. The molecule has 0 heterocycles. The van der Waals surface area contributed by atoms with E-state index in [9.17, 15) is 4.79 Å². The van der Waals surface area contributed by atoms with Gasteiger partial charge in [0.15, 0.2) is 0 Å². The molecule has 3 nitrogen and oxygen atoms in total. The molecule has 1 atom stereocenters. The predicted molar refractivity (Wildman–Crippen MR) is 70.3 cm³/mol. The molecule has 0 amide bonds. The maximum Gasteiger partial charge on any atom is 0.328 e. The minimum Gasteiger partial charge on any atom is -0.464 e. The zero-order valence-electron chi connectivity index (χ0n) is 11.0. The van der Waals surface area contributed by atoms with Gasteiger partial charge in [0, 0.05) is 5.69 Å². The zero-order chi connectivity index (χ0) is 12.8. The number of carbonyl (C=O) groups is 1. The van der Waals surface area contributed by atoms with Crippen LogP contribution in [0.1, 0.15) is 31.4 Å². The average molecular weight is 235 g/mol. The molecule has 1 rings (SSSR count). The SMILES string of the molecule is CCOC(=O)C(CC)Nc1ccc(C)cc1C. The first kappa shape index (κ1) is 13.6. The van der Waals surface area contributed by atoms with E-state index in [4.69, 9.17) is 4.74 Å². The molecule has 1 N–H and O–H groups in total. The van der Waals surface area contributed by atoms with Crippen molar-refractivity contribution in [1.82, 2.24) is 0 Å². The summed E-state index contributed by atoms with van der Waals surface area (Å²) in [5.41, 5.74) is 3.36. The molecule has 0 aliphatic rings. The third-order valence-electron chi connectivity index (χ3n) is 2.69. The van der Waals surface area contributed by atoms with E-state index in [-0.39, 0.29) is 12.0 Å². The number of carbonyl (C=O) groups excluding carboxylic acids is 1. The summed E-state index contributed by atoms with van der Waals surface area (Å²) in [4.78, 5) is 11.7. The Hall–Kier alpha value is -1.51. The predicted octanol–water partition coefficient (Wildman–Crippen LogP) is 3.06. The van der Waals surface area contributed by atoms with Crippen molar-refractivity contribution in [2.75, 3.05) is 11.9 Å². The van der Waals surface area contributed by atoms with Crippen LogP contribution < -0.4 is 5.32 Å². The molecule has 3 heteroatoms. The summed E-state index contributed by atoms with van der Waals surface area (Å²) in [5, 5.41) is 3.23. The summed E-state index contributed by atoms with van der Waals surface area (Å²) >= 11 is 0. The van der Waals surface area contributed by atoms with E-state index in [0.29, 0.717) is 13.0 Å². The van der Waals surface area contributed by atoms with E-state index in [1.807, 2.05) is 32.9 Å². The van der Waals surface area contributed by atoms with Crippen LogP contribution in [0.5, 0.6) is 0 Å². The molecule has 17 heavy (non-hydrogen) atoms. The fraction of sp³-hybridized carbons (Fsp3) is 0.500. The van der Waals surface area contributed by atoms with Crippen molar-refractivity contribution < 1.29 is 9.53 Å². The molecule has 1 aromatic carbocycles. The van der Waals surface area contributed by atoms with E-state index in [2.05, 4.69) is 18.3 Å². The lowest BCUT2D eigenvalue weighted by atomic mass is 10.1. The van der Waals surface area contributed by atoms with Crippen LogP contribution in [0.25, 0.3) is 0 Å². The Morgan fingerprint density at radius 2 is 2.06 bits per heavy atom. The van der Waals surface area contributed by atoms with Gasteiger partial charge >= 0.3 is 5.97 Å². The molecule has 0 saturated heterocycles. The monoisotopic (exact) mass is 235 g/mol. The summed E-state index contributed by atoms with van der Waals surface area (Å²) in [6.45, 7) is 8.30. The topological polar surface area (TPSA) is 38.3 Å². The maximum atomic E-state index is 11.7. The van der Waals surface area contributed by atoms with Crippen LogP contribution in [0.4, 0.5) is 5.69 Å². The molecule has 0 aromatic heterocycles. The number of ether oxygens (including phenoxy) is 1. The summed E-state index contributed by atoms with van der Waals surface area (Å²) in [6.07, 6.45) is 0.714. The van der Waals surface area contributed by atoms with E-state index in [0.717, 1.165) is 11.3 Å². The van der Waals surface area contributed by atoms with E-state index in [1.165, 1.54) is 5.56 Å². The highest BCUT2D eigenvalue weighted by atomic mass is 16.5. The highest BCUT2D eigenvalue weighted by Gasteiger charge is 2.17. The second-order valence-corrected chi connectivity index (χ2v) is 4.18. The average Bonchev–Trinajstić information content (AvgIpc) is 2.28. The molecule has 0 spiro atoms. The number of rotatable bonds is 5. The quantitative estimate of drug-likeness (QED) is 0.797. The normalized spacial score (nSPS) is 12.0. The first-order valence-corrected chi connectivity index (χ1v) is 6.08. The highest BCUT2D eigenvalue weighted by Crippen LogP contribution is 2.18. The molecule has 0 aliphatic heterocycles. The van der Waals surface area contributed by atoms with Crippen LogP contribution in [0.3, 0.4) is 0 Å². The van der Waals surface area contributed by atoms with Crippen LogP contribution in [-0.2, 0) is 9.53 Å². The summed E-state index contributed by atoms with van der Waals surface area (Å²) in [6, 6.07) is 5.87. The summed E-state index contributed by atoms with van der Waals surface area (Å²) in [7, 11) is 0. The Morgan fingerprint density at radius 1 is 1.35 bits per heavy atom. The van der Waals surface area contributed by atoms with Crippen molar-refractivity contribution in [1.29, 1.82) is 0 Å². The van der Waals surface area contributed by atoms with Gasteiger partial charge in [-0.2, -0.15) is 0 Å². The minimum atomic E-state index is -0.267. The molecule has 0 aliphatic carbocycles. The van der Waals surface area contributed by atoms with Gasteiger partial charge in [-0.25, -0.2) is 4.79 Å². The Morgan fingerprint density at radius 3 is 2.59 bits per heavy atom. The van der Waals surface area contributed by atoms with Gasteiger partial charge in [-0.1, -0.05) is 24.6 Å². The van der Waals surface area contributed by atoms with E-state index < -0.39 is 0 Å². The molecule has 1 unspecified atom stereocenters. The largest absolute Gasteiger partial charge is 0.464 e. The van der Waals surface area contributed by atoms with Gasteiger partial charge in [0.1, 0.15) is 6.04 Å². The number of aryl methyl sites for hydroxylation is 2. The molecule has 0 fully saturated rings. The first-order chi connectivity index (χ1) is 8.08. The van der Waals surface area contributed by atoms with Crippen LogP contribution in [0.2, 0.25) is 0 Å². The van der Waals surface area contributed by atoms with Crippen molar-refractivity contribution in [3.05, 3.63) is 29.3 Å². The van der Waals surface area contributed by atoms with E-state index in [1.54, 1.807) is 0 Å². The Bertz CT molecular complexity index is 388. The van der Waals surface area contributed by atoms with Crippen LogP contribution in [0.15, 0.2) is 18.2 Å². The smallest absolute Gasteiger partial charge is 0.328 e. The van der Waals surface area contributed by atoms with Crippen molar-refractivity contribution in [3.63, 3.8) is 0 Å². The van der Waals surface area contributed by atoms with Crippen LogP contribution in [-0.4, -0.2) is 18.6 Å². The number of nitrogens with one attached hydrogen (secondary N) is 1. The molecular formula is C14H21NO2. The molecule has 1 aromatic rings. The summed E-state index contributed by atoms with van der Waals surface area (Å²) in [5.74, 6) is -0.185. The van der Waals surface area contributed by atoms with Crippen molar-refractivity contribution in [2.45, 2.75) is 40.2 Å². The van der Waals surface area contributed by atoms with Crippen LogP contribution in [0, 0.1) is 13.8 Å². The number of benzene rings is 1. The molecular weight excluding hydrogens is 214 g/mol. The Balaban J connectivity index is 2.77. The zero-order valence-corrected chi connectivity index (χ0v) is 11.0. The van der Waals surface area contributed by atoms with E-state index >= 15 is 0 Å². The van der Waals surface area contributed by atoms with Gasteiger partial charge in [-0.15, -0.1) is 0 Å². The van der Waals surface area contributed by atoms with Gasteiger partial charge in [0.2, 0.25) is 0 Å². The maximum absolute atomic E-state index is 11.7. The molecule has 94 valence electrons. The number of hydrogen-bond acceptors (Lipinski definition) is 3. The molecule has 0 radical (unpaired) electrons. The van der Waals surface area contributed by atoms with Crippen molar-refractivity contribution in [3.8, 4) is 0 Å². The van der Waals surface area contributed by atoms with Gasteiger partial charge in [0.25, 0.3) is 0 Å². The van der Waals surface area contributed by atoms with Crippen molar-refractivity contribution >= 4 is 11.7 Å². The first-order valence-electron chi connectivity index (χ1n) is 6.08. The van der Waals surface area contributed by atoms with Crippen molar-refractivity contribution in [2.24, 2.45) is 0 Å². The van der Waals surface area contributed by atoms with Gasteiger partial charge < -0.3 is 10.1 Å². The molecule has 0 bridgehead atoms. The summed E-state index contributed by atoms with van der Waals surface area (Å²) < 4.78 is 5.03.